The van der Waals surface area contributed by atoms with Crippen LogP contribution in [0.3, 0.4) is 0 Å². The summed E-state index contributed by atoms with van der Waals surface area (Å²) in [4.78, 5) is 14.9. The standard InChI is InChI=1S/C9H15NO3/c1-5-12-8(10-4)7(3)9(11)13-6-2/h3,5-6H2,1-2,4H3. The predicted molar refractivity (Wildman–Crippen MR) is 50.8 cm³/mol. The Balaban J connectivity index is 4.30. The Labute approximate surface area is 78.3 Å². The second kappa shape index (κ2) is 6.22. The van der Waals surface area contributed by atoms with E-state index in [9.17, 15) is 4.79 Å². The predicted octanol–water partition coefficient (Wildman–Crippen LogP) is 1.17. The molecule has 0 unspecified atom stereocenters. The van der Waals surface area contributed by atoms with Crippen LogP contribution in [0.2, 0.25) is 0 Å². The highest BCUT2D eigenvalue weighted by Gasteiger charge is 2.14. The van der Waals surface area contributed by atoms with Gasteiger partial charge < -0.3 is 9.47 Å². The molecule has 0 aliphatic carbocycles. The maximum Gasteiger partial charge on any atom is 0.343 e. The lowest BCUT2D eigenvalue weighted by Gasteiger charge is -2.07. The summed E-state index contributed by atoms with van der Waals surface area (Å²) in [6.45, 7) is 7.84. The van der Waals surface area contributed by atoms with E-state index in [1.807, 2.05) is 6.92 Å². The Kier molecular flexibility index (Phi) is 5.59. The van der Waals surface area contributed by atoms with Crippen molar-refractivity contribution in [1.29, 1.82) is 0 Å². The molecule has 74 valence electrons. The van der Waals surface area contributed by atoms with Crippen molar-refractivity contribution in [1.82, 2.24) is 0 Å². The topological polar surface area (TPSA) is 47.9 Å². The molecule has 0 N–H and O–H groups in total. The highest BCUT2D eigenvalue weighted by atomic mass is 16.5. The molecule has 4 heteroatoms. The molecular weight excluding hydrogens is 170 g/mol. The molecule has 0 aromatic carbocycles. The number of carbonyl (C=O) groups excluding carboxylic acids is 1. The van der Waals surface area contributed by atoms with E-state index < -0.39 is 5.97 Å². The van der Waals surface area contributed by atoms with Gasteiger partial charge in [0, 0.05) is 7.05 Å². The lowest BCUT2D eigenvalue weighted by Crippen LogP contribution is -2.17. The molecule has 0 saturated carbocycles. The third kappa shape index (κ3) is 3.73. The molecule has 0 heterocycles. The fourth-order valence-corrected chi connectivity index (χ4v) is 0.729. The largest absolute Gasteiger partial charge is 0.478 e. The zero-order chi connectivity index (χ0) is 10.3. The zero-order valence-electron chi connectivity index (χ0n) is 8.29. The molecular formula is C9H15NO3. The van der Waals surface area contributed by atoms with Gasteiger partial charge in [0.15, 0.2) is 0 Å². The highest BCUT2D eigenvalue weighted by Crippen LogP contribution is 2.00. The summed E-state index contributed by atoms with van der Waals surface area (Å²) in [5, 5.41) is 0. The number of esters is 1. The molecule has 13 heavy (non-hydrogen) atoms. The fraction of sp³-hybridized carbons (Fsp3) is 0.556. The summed E-state index contributed by atoms with van der Waals surface area (Å²) >= 11 is 0. The maximum atomic E-state index is 11.1. The first-order valence-electron chi connectivity index (χ1n) is 4.13. The Hall–Kier alpha value is -1.32. The van der Waals surface area contributed by atoms with Crippen LogP contribution in [-0.4, -0.2) is 32.1 Å². The SMILES string of the molecule is C=C(C(=O)OCC)C(=NC)OCC. The van der Waals surface area contributed by atoms with Gasteiger partial charge in [0.05, 0.1) is 13.2 Å². The van der Waals surface area contributed by atoms with Crippen molar-refractivity contribution < 1.29 is 14.3 Å². The van der Waals surface area contributed by atoms with Crippen LogP contribution in [0.25, 0.3) is 0 Å². The third-order valence-electron chi connectivity index (χ3n) is 1.26. The highest BCUT2D eigenvalue weighted by molar-refractivity contribution is 6.15. The molecule has 0 aromatic heterocycles. The van der Waals surface area contributed by atoms with Crippen molar-refractivity contribution in [2.75, 3.05) is 20.3 Å². The molecule has 0 radical (unpaired) electrons. The van der Waals surface area contributed by atoms with Crippen molar-refractivity contribution in [3.8, 4) is 0 Å². The minimum Gasteiger partial charge on any atom is -0.478 e. The number of aliphatic imine (C=N–C) groups is 1. The third-order valence-corrected chi connectivity index (χ3v) is 1.26. The molecule has 0 fully saturated rings. The molecule has 0 aliphatic rings. The molecule has 0 amide bonds. The van der Waals surface area contributed by atoms with Gasteiger partial charge in [-0.1, -0.05) is 6.58 Å². The van der Waals surface area contributed by atoms with Gasteiger partial charge in [0.25, 0.3) is 0 Å². The van der Waals surface area contributed by atoms with Crippen LogP contribution in [-0.2, 0) is 14.3 Å². The van der Waals surface area contributed by atoms with E-state index in [-0.39, 0.29) is 11.5 Å². The van der Waals surface area contributed by atoms with Gasteiger partial charge >= 0.3 is 5.97 Å². The van der Waals surface area contributed by atoms with E-state index >= 15 is 0 Å². The first-order chi connectivity index (χ1) is 6.17. The van der Waals surface area contributed by atoms with Crippen molar-refractivity contribution >= 4 is 11.9 Å². The summed E-state index contributed by atoms with van der Waals surface area (Å²) < 4.78 is 9.80. The minimum absolute atomic E-state index is 0.159. The second-order valence-corrected chi connectivity index (χ2v) is 2.16. The Bertz CT molecular complexity index is 221. The summed E-state index contributed by atoms with van der Waals surface area (Å²) in [6, 6.07) is 0. The second-order valence-electron chi connectivity index (χ2n) is 2.16. The average Bonchev–Trinajstić information content (AvgIpc) is 2.13. The van der Waals surface area contributed by atoms with E-state index in [0.29, 0.717) is 13.2 Å². The Morgan fingerprint density at radius 1 is 1.31 bits per heavy atom. The summed E-state index contributed by atoms with van der Waals surface area (Å²) in [5.41, 5.74) is 0.159. The normalized spacial score (nSPS) is 10.8. The first-order valence-corrected chi connectivity index (χ1v) is 4.13. The minimum atomic E-state index is -0.489. The molecule has 0 rings (SSSR count). The molecule has 0 aliphatic heterocycles. The summed E-state index contributed by atoms with van der Waals surface area (Å²) in [7, 11) is 1.54. The summed E-state index contributed by atoms with van der Waals surface area (Å²) in [6.07, 6.45) is 0. The number of hydrogen-bond donors (Lipinski definition) is 0. The monoisotopic (exact) mass is 185 g/mol. The molecule has 0 aromatic rings. The van der Waals surface area contributed by atoms with Gasteiger partial charge in [-0.05, 0) is 13.8 Å². The van der Waals surface area contributed by atoms with Crippen LogP contribution in [0.15, 0.2) is 17.1 Å². The van der Waals surface area contributed by atoms with E-state index in [1.165, 1.54) is 7.05 Å². The molecule has 4 nitrogen and oxygen atoms in total. The van der Waals surface area contributed by atoms with Crippen LogP contribution in [0, 0.1) is 0 Å². The Morgan fingerprint density at radius 3 is 2.23 bits per heavy atom. The van der Waals surface area contributed by atoms with E-state index in [4.69, 9.17) is 9.47 Å². The number of nitrogens with zero attached hydrogens (tertiary/aromatic N) is 1. The van der Waals surface area contributed by atoms with Crippen LogP contribution >= 0.6 is 0 Å². The smallest absolute Gasteiger partial charge is 0.343 e. The van der Waals surface area contributed by atoms with E-state index in [2.05, 4.69) is 11.6 Å². The fourth-order valence-electron chi connectivity index (χ4n) is 0.729. The van der Waals surface area contributed by atoms with Gasteiger partial charge in [-0.2, -0.15) is 0 Å². The van der Waals surface area contributed by atoms with Crippen LogP contribution in [0.4, 0.5) is 0 Å². The quantitative estimate of drug-likeness (QED) is 0.286. The van der Waals surface area contributed by atoms with Crippen LogP contribution in [0.5, 0.6) is 0 Å². The van der Waals surface area contributed by atoms with Gasteiger partial charge in [0.2, 0.25) is 5.90 Å². The number of carbonyl (C=O) groups is 1. The van der Waals surface area contributed by atoms with Gasteiger partial charge in [-0.25, -0.2) is 4.79 Å². The molecule has 0 atom stereocenters. The molecule has 0 saturated heterocycles. The Morgan fingerprint density at radius 2 is 1.85 bits per heavy atom. The lowest BCUT2D eigenvalue weighted by atomic mass is 10.3. The van der Waals surface area contributed by atoms with Crippen molar-refractivity contribution in [3.63, 3.8) is 0 Å². The van der Waals surface area contributed by atoms with E-state index in [1.54, 1.807) is 6.92 Å². The number of rotatable bonds is 4. The van der Waals surface area contributed by atoms with Gasteiger partial charge in [0.1, 0.15) is 5.57 Å². The lowest BCUT2D eigenvalue weighted by molar-refractivity contribution is -0.137. The van der Waals surface area contributed by atoms with Gasteiger partial charge in [-0.3, -0.25) is 4.99 Å². The van der Waals surface area contributed by atoms with E-state index in [0.717, 1.165) is 0 Å². The number of hydrogen-bond acceptors (Lipinski definition) is 4. The average molecular weight is 185 g/mol. The van der Waals surface area contributed by atoms with Crippen LogP contribution < -0.4 is 0 Å². The molecule has 0 spiro atoms. The van der Waals surface area contributed by atoms with Crippen LogP contribution in [0.1, 0.15) is 13.8 Å². The maximum absolute atomic E-state index is 11.1. The van der Waals surface area contributed by atoms with Crippen molar-refractivity contribution in [3.05, 3.63) is 12.2 Å². The number of ether oxygens (including phenoxy) is 2. The van der Waals surface area contributed by atoms with Crippen molar-refractivity contribution in [2.24, 2.45) is 4.99 Å². The summed E-state index contributed by atoms with van der Waals surface area (Å²) in [5.74, 6) is -0.252. The molecule has 0 bridgehead atoms. The zero-order valence-corrected chi connectivity index (χ0v) is 8.29. The van der Waals surface area contributed by atoms with Crippen molar-refractivity contribution in [2.45, 2.75) is 13.8 Å². The van der Waals surface area contributed by atoms with Gasteiger partial charge in [-0.15, -0.1) is 0 Å². The first kappa shape index (κ1) is 11.7.